The summed E-state index contributed by atoms with van der Waals surface area (Å²) in [5, 5.41) is 10.9. The fraction of sp³-hybridized carbons (Fsp3) is 0.394. The molecule has 6 heteroatoms. The predicted molar refractivity (Wildman–Crippen MR) is 154 cm³/mol. The Morgan fingerprint density at radius 3 is 2.28 bits per heavy atom. The van der Waals surface area contributed by atoms with Crippen molar-refractivity contribution >= 4 is 17.6 Å². The van der Waals surface area contributed by atoms with E-state index in [4.69, 9.17) is 9.47 Å². The van der Waals surface area contributed by atoms with E-state index in [1.807, 2.05) is 61.5 Å². The van der Waals surface area contributed by atoms with E-state index in [2.05, 4.69) is 34.6 Å². The average molecular weight is 530 g/mol. The fourth-order valence-corrected chi connectivity index (χ4v) is 5.55. The molecule has 3 aromatic rings. The van der Waals surface area contributed by atoms with Gasteiger partial charge in [0.15, 0.2) is 5.54 Å². The van der Waals surface area contributed by atoms with Gasteiger partial charge in [-0.15, -0.1) is 0 Å². The molecule has 0 saturated carbocycles. The van der Waals surface area contributed by atoms with Crippen molar-refractivity contribution in [3.63, 3.8) is 0 Å². The van der Waals surface area contributed by atoms with Crippen molar-refractivity contribution in [2.75, 3.05) is 18.6 Å². The average Bonchev–Trinajstić information content (AvgIpc) is 3.15. The molecule has 0 radical (unpaired) electrons. The van der Waals surface area contributed by atoms with Gasteiger partial charge >= 0.3 is 5.97 Å². The van der Waals surface area contributed by atoms with Gasteiger partial charge in [-0.1, -0.05) is 84.0 Å². The highest BCUT2D eigenvalue weighted by Crippen LogP contribution is 2.53. The molecule has 39 heavy (non-hydrogen) atoms. The van der Waals surface area contributed by atoms with Crippen LogP contribution in [0.4, 0.5) is 5.69 Å². The van der Waals surface area contributed by atoms with Gasteiger partial charge in [-0.05, 0) is 46.7 Å². The van der Waals surface area contributed by atoms with Crippen molar-refractivity contribution in [3.8, 4) is 11.5 Å². The third kappa shape index (κ3) is 5.12. The van der Waals surface area contributed by atoms with Crippen molar-refractivity contribution in [2.24, 2.45) is 5.92 Å². The van der Waals surface area contributed by atoms with Crippen molar-refractivity contribution in [3.05, 3.63) is 89.0 Å². The molecule has 206 valence electrons. The number of amides is 1. The highest BCUT2D eigenvalue weighted by molar-refractivity contribution is 6.13. The Kier molecular flexibility index (Phi) is 7.78. The number of hydrogen-bond acceptors (Lipinski definition) is 4. The van der Waals surface area contributed by atoms with Crippen molar-refractivity contribution < 1.29 is 24.2 Å². The Labute approximate surface area is 231 Å². The lowest BCUT2D eigenvalue weighted by Gasteiger charge is -2.38. The molecule has 0 aliphatic carbocycles. The highest BCUT2D eigenvalue weighted by atomic mass is 16.5. The van der Waals surface area contributed by atoms with E-state index < -0.39 is 23.3 Å². The number of carboxylic acid groups (broad SMARTS) is 1. The molecule has 0 aromatic heterocycles. The molecule has 1 heterocycles. The SMILES string of the molecule is COc1cc(C(=O)N2c3cccc(OCC(C)C)c3C(C)C2(Cc2ccccc2)C(=O)O)ccc1C(C)(C)C. The van der Waals surface area contributed by atoms with Crippen LogP contribution in [-0.2, 0) is 16.6 Å². The smallest absolute Gasteiger partial charge is 0.331 e. The van der Waals surface area contributed by atoms with Crippen LogP contribution in [0.25, 0.3) is 0 Å². The Hall–Kier alpha value is -3.80. The number of anilines is 1. The molecule has 0 spiro atoms. The number of ether oxygens (including phenoxy) is 2. The molecule has 4 rings (SSSR count). The number of nitrogens with zero attached hydrogens (tertiary/aromatic N) is 1. The molecule has 2 unspecified atom stereocenters. The van der Waals surface area contributed by atoms with E-state index in [1.54, 1.807) is 19.2 Å². The van der Waals surface area contributed by atoms with Crippen LogP contribution in [-0.4, -0.2) is 36.2 Å². The first-order chi connectivity index (χ1) is 18.4. The Morgan fingerprint density at radius 1 is 1.00 bits per heavy atom. The molecule has 1 amide bonds. The zero-order valence-corrected chi connectivity index (χ0v) is 23.9. The minimum atomic E-state index is -1.56. The topological polar surface area (TPSA) is 76.1 Å². The first-order valence-electron chi connectivity index (χ1n) is 13.5. The molecule has 1 N–H and O–H groups in total. The van der Waals surface area contributed by atoms with Crippen molar-refractivity contribution in [1.29, 1.82) is 0 Å². The van der Waals surface area contributed by atoms with E-state index in [0.717, 1.165) is 16.7 Å². The first kappa shape index (κ1) is 28.2. The van der Waals surface area contributed by atoms with Gasteiger partial charge in [-0.3, -0.25) is 9.69 Å². The monoisotopic (exact) mass is 529 g/mol. The van der Waals surface area contributed by atoms with E-state index in [9.17, 15) is 14.7 Å². The van der Waals surface area contributed by atoms with Crippen LogP contribution in [0.15, 0.2) is 66.7 Å². The molecule has 6 nitrogen and oxygen atoms in total. The fourth-order valence-electron chi connectivity index (χ4n) is 5.55. The van der Waals surface area contributed by atoms with Gasteiger partial charge in [0, 0.05) is 23.5 Å². The summed E-state index contributed by atoms with van der Waals surface area (Å²) in [6, 6.07) is 20.4. The van der Waals surface area contributed by atoms with Gasteiger partial charge in [0.2, 0.25) is 0 Å². The summed E-state index contributed by atoms with van der Waals surface area (Å²) in [4.78, 5) is 29.3. The van der Waals surface area contributed by atoms with E-state index in [1.165, 1.54) is 4.90 Å². The minimum absolute atomic E-state index is 0.144. The van der Waals surface area contributed by atoms with Gasteiger partial charge < -0.3 is 14.6 Å². The van der Waals surface area contributed by atoms with Crippen LogP contribution < -0.4 is 14.4 Å². The van der Waals surface area contributed by atoms with E-state index >= 15 is 0 Å². The Balaban J connectivity index is 1.93. The maximum absolute atomic E-state index is 14.4. The molecule has 0 fully saturated rings. The van der Waals surface area contributed by atoms with Gasteiger partial charge in [0.1, 0.15) is 11.5 Å². The second-order valence-corrected chi connectivity index (χ2v) is 11.8. The van der Waals surface area contributed by atoms with Gasteiger partial charge in [-0.2, -0.15) is 0 Å². The number of hydrogen-bond donors (Lipinski definition) is 1. The molecule has 1 aliphatic rings. The number of methoxy groups -OCH3 is 1. The van der Waals surface area contributed by atoms with Gasteiger partial charge in [0.25, 0.3) is 5.91 Å². The van der Waals surface area contributed by atoms with Crippen LogP contribution in [0.5, 0.6) is 11.5 Å². The van der Waals surface area contributed by atoms with Gasteiger partial charge in [-0.25, -0.2) is 4.79 Å². The molecule has 1 aliphatic heterocycles. The quantitative estimate of drug-likeness (QED) is 0.345. The lowest BCUT2D eigenvalue weighted by atomic mass is 9.78. The molecular weight excluding hydrogens is 490 g/mol. The second-order valence-electron chi connectivity index (χ2n) is 11.8. The summed E-state index contributed by atoms with van der Waals surface area (Å²) < 4.78 is 11.9. The largest absolute Gasteiger partial charge is 0.496 e. The third-order valence-corrected chi connectivity index (χ3v) is 7.55. The van der Waals surface area contributed by atoms with Crippen molar-refractivity contribution in [2.45, 2.75) is 64.8 Å². The summed E-state index contributed by atoms with van der Waals surface area (Å²) in [6.07, 6.45) is 0.144. The van der Waals surface area contributed by atoms with E-state index in [0.29, 0.717) is 29.4 Å². The van der Waals surface area contributed by atoms with E-state index in [-0.39, 0.29) is 17.8 Å². The first-order valence-corrected chi connectivity index (χ1v) is 13.5. The van der Waals surface area contributed by atoms with Crippen LogP contribution in [0.3, 0.4) is 0 Å². The number of rotatable bonds is 8. The Morgan fingerprint density at radius 2 is 1.69 bits per heavy atom. The zero-order chi connectivity index (χ0) is 28.5. The predicted octanol–water partition coefficient (Wildman–Crippen LogP) is 6.86. The second kappa shape index (κ2) is 10.8. The lowest BCUT2D eigenvalue weighted by molar-refractivity contribution is -0.143. The number of fused-ring (bicyclic) bond motifs is 1. The summed E-state index contributed by atoms with van der Waals surface area (Å²) in [6.45, 7) is 12.7. The van der Waals surface area contributed by atoms with Crippen LogP contribution in [0.1, 0.15) is 74.5 Å². The van der Waals surface area contributed by atoms with Crippen LogP contribution >= 0.6 is 0 Å². The Bertz CT molecular complexity index is 1360. The number of benzene rings is 3. The standard InChI is InChI=1S/C33H39NO5/c1-21(2)20-39-27-15-11-14-26-29(27)22(3)33(31(36)37,19-23-12-9-8-10-13-23)34(26)30(35)24-16-17-25(32(4,5)6)28(18-24)38-7/h8-18,21-22H,19-20H2,1-7H3,(H,36,37). The van der Waals surface area contributed by atoms with Crippen LogP contribution in [0.2, 0.25) is 0 Å². The molecule has 0 saturated heterocycles. The molecule has 2 atom stereocenters. The maximum Gasteiger partial charge on any atom is 0.331 e. The normalized spacial score (nSPS) is 18.7. The minimum Gasteiger partial charge on any atom is -0.496 e. The summed E-state index contributed by atoms with van der Waals surface area (Å²) in [5.41, 5.74) is 1.72. The number of aliphatic carboxylic acids is 1. The third-order valence-electron chi connectivity index (χ3n) is 7.55. The van der Waals surface area contributed by atoms with Gasteiger partial charge in [0.05, 0.1) is 19.4 Å². The summed E-state index contributed by atoms with van der Waals surface area (Å²) in [5.74, 6) is -0.483. The number of carboxylic acids is 1. The summed E-state index contributed by atoms with van der Waals surface area (Å²) >= 11 is 0. The van der Waals surface area contributed by atoms with Crippen LogP contribution in [0, 0.1) is 5.92 Å². The lowest BCUT2D eigenvalue weighted by Crippen LogP contribution is -2.58. The molecular formula is C33H39NO5. The van der Waals surface area contributed by atoms with Crippen molar-refractivity contribution in [1.82, 2.24) is 0 Å². The maximum atomic E-state index is 14.4. The zero-order valence-electron chi connectivity index (χ0n) is 23.9. The molecule has 3 aromatic carbocycles. The highest BCUT2D eigenvalue weighted by Gasteiger charge is 2.58. The summed E-state index contributed by atoms with van der Waals surface area (Å²) in [7, 11) is 1.58. The molecule has 0 bridgehead atoms. The number of carbonyl (C=O) groups is 2. The number of carbonyl (C=O) groups excluding carboxylic acids is 1.